The maximum atomic E-state index is 10.4. The highest BCUT2D eigenvalue weighted by atomic mass is 16.5. The van der Waals surface area contributed by atoms with Gasteiger partial charge in [-0.15, -0.1) is 0 Å². The summed E-state index contributed by atoms with van der Waals surface area (Å²) in [6.45, 7) is 0.920. The molecular formula is C13H22O2. The zero-order valence-corrected chi connectivity index (χ0v) is 9.54. The summed E-state index contributed by atoms with van der Waals surface area (Å²) < 4.78 is 6.03. The molecule has 1 saturated heterocycles. The van der Waals surface area contributed by atoms with E-state index in [1.54, 1.807) is 0 Å². The molecule has 1 aliphatic heterocycles. The topological polar surface area (TPSA) is 26.3 Å². The van der Waals surface area contributed by atoms with E-state index in [2.05, 4.69) is 0 Å². The van der Waals surface area contributed by atoms with Crippen LogP contribution in [0.4, 0.5) is 0 Å². The van der Waals surface area contributed by atoms with Crippen LogP contribution in [0.2, 0.25) is 0 Å². The summed E-state index contributed by atoms with van der Waals surface area (Å²) >= 11 is 0. The fourth-order valence-electron chi connectivity index (χ4n) is 3.22. The number of hydrogen-bond acceptors (Lipinski definition) is 2. The summed E-state index contributed by atoms with van der Waals surface area (Å²) in [6, 6.07) is 0. The van der Waals surface area contributed by atoms with Crippen LogP contribution in [0.3, 0.4) is 0 Å². The highest BCUT2D eigenvalue weighted by Crippen LogP contribution is 2.41. The van der Waals surface area contributed by atoms with Crippen LogP contribution in [-0.4, -0.2) is 18.5 Å². The lowest BCUT2D eigenvalue weighted by Crippen LogP contribution is -2.41. The van der Waals surface area contributed by atoms with Gasteiger partial charge in [0.2, 0.25) is 0 Å². The van der Waals surface area contributed by atoms with Gasteiger partial charge in [-0.25, -0.2) is 0 Å². The Bertz CT molecular complexity index is 201. The third-order valence-corrected chi connectivity index (χ3v) is 4.05. The van der Waals surface area contributed by atoms with E-state index < -0.39 is 0 Å². The van der Waals surface area contributed by atoms with Gasteiger partial charge in [-0.05, 0) is 38.0 Å². The molecule has 1 saturated carbocycles. The van der Waals surface area contributed by atoms with Crippen LogP contribution in [0.25, 0.3) is 0 Å². The molecule has 0 amide bonds. The molecular weight excluding hydrogens is 188 g/mol. The summed E-state index contributed by atoms with van der Waals surface area (Å²) in [5, 5.41) is 0. The first-order chi connectivity index (χ1) is 7.35. The summed E-state index contributed by atoms with van der Waals surface area (Å²) in [5.74, 6) is 0.738. The number of carbonyl (C=O) groups excluding carboxylic acids is 1. The van der Waals surface area contributed by atoms with E-state index in [1.807, 2.05) is 0 Å². The van der Waals surface area contributed by atoms with Crippen molar-refractivity contribution in [2.75, 3.05) is 6.61 Å². The molecule has 1 spiro atoms. The third-order valence-electron chi connectivity index (χ3n) is 4.05. The van der Waals surface area contributed by atoms with Crippen LogP contribution in [0.5, 0.6) is 0 Å². The van der Waals surface area contributed by atoms with E-state index in [4.69, 9.17) is 4.74 Å². The van der Waals surface area contributed by atoms with Crippen molar-refractivity contribution >= 4 is 6.29 Å². The van der Waals surface area contributed by atoms with Gasteiger partial charge in [-0.2, -0.15) is 0 Å². The van der Waals surface area contributed by atoms with Crippen LogP contribution in [0.1, 0.15) is 57.8 Å². The van der Waals surface area contributed by atoms with Crippen molar-refractivity contribution in [2.24, 2.45) is 5.92 Å². The van der Waals surface area contributed by atoms with E-state index in [1.165, 1.54) is 38.5 Å². The Morgan fingerprint density at radius 1 is 1.27 bits per heavy atom. The molecule has 86 valence electrons. The minimum absolute atomic E-state index is 0.212. The summed E-state index contributed by atoms with van der Waals surface area (Å²) in [5.41, 5.74) is 0.212. The monoisotopic (exact) mass is 210 g/mol. The molecule has 0 aromatic heterocycles. The van der Waals surface area contributed by atoms with E-state index in [-0.39, 0.29) is 5.60 Å². The summed E-state index contributed by atoms with van der Waals surface area (Å²) in [7, 11) is 0. The first-order valence-electron chi connectivity index (χ1n) is 6.42. The van der Waals surface area contributed by atoms with Crippen LogP contribution < -0.4 is 0 Å². The quantitative estimate of drug-likeness (QED) is 0.669. The molecule has 15 heavy (non-hydrogen) atoms. The summed E-state index contributed by atoms with van der Waals surface area (Å²) in [4.78, 5) is 10.4. The lowest BCUT2D eigenvalue weighted by molar-refractivity contribution is -0.120. The lowest BCUT2D eigenvalue weighted by Gasteiger charge is -2.43. The maximum absolute atomic E-state index is 10.4. The molecule has 2 heteroatoms. The second-order valence-electron chi connectivity index (χ2n) is 5.19. The van der Waals surface area contributed by atoms with Gasteiger partial charge in [0, 0.05) is 13.0 Å². The average molecular weight is 210 g/mol. The van der Waals surface area contributed by atoms with Crippen LogP contribution in [-0.2, 0) is 9.53 Å². The van der Waals surface area contributed by atoms with Gasteiger partial charge >= 0.3 is 0 Å². The first kappa shape index (κ1) is 11.1. The predicted octanol–water partition coefficient (Wildman–Crippen LogP) is 3.10. The second kappa shape index (κ2) is 5.11. The van der Waals surface area contributed by atoms with Crippen LogP contribution >= 0.6 is 0 Å². The first-order valence-corrected chi connectivity index (χ1v) is 6.42. The Balaban J connectivity index is 1.87. The maximum Gasteiger partial charge on any atom is 0.120 e. The van der Waals surface area contributed by atoms with Crippen molar-refractivity contribution in [3.05, 3.63) is 0 Å². The Morgan fingerprint density at radius 3 is 2.80 bits per heavy atom. The zero-order valence-electron chi connectivity index (χ0n) is 9.54. The molecule has 0 radical (unpaired) electrons. The van der Waals surface area contributed by atoms with Crippen LogP contribution in [0.15, 0.2) is 0 Å². The molecule has 0 bridgehead atoms. The third kappa shape index (κ3) is 2.81. The Hall–Kier alpha value is -0.370. The molecule has 2 fully saturated rings. The molecule has 1 aliphatic carbocycles. The Morgan fingerprint density at radius 2 is 2.07 bits per heavy atom. The van der Waals surface area contributed by atoms with Crippen molar-refractivity contribution in [2.45, 2.75) is 63.4 Å². The van der Waals surface area contributed by atoms with E-state index >= 15 is 0 Å². The average Bonchev–Trinajstić information content (AvgIpc) is 2.28. The minimum atomic E-state index is 0.212. The van der Waals surface area contributed by atoms with Crippen molar-refractivity contribution in [1.29, 1.82) is 0 Å². The van der Waals surface area contributed by atoms with Gasteiger partial charge in [0.1, 0.15) is 6.29 Å². The van der Waals surface area contributed by atoms with Crippen LogP contribution in [0, 0.1) is 5.92 Å². The molecule has 1 atom stereocenters. The highest BCUT2D eigenvalue weighted by molar-refractivity contribution is 5.49. The van der Waals surface area contributed by atoms with Gasteiger partial charge in [0.05, 0.1) is 5.60 Å². The number of carbonyl (C=O) groups is 1. The van der Waals surface area contributed by atoms with Gasteiger partial charge in [0.25, 0.3) is 0 Å². The second-order valence-corrected chi connectivity index (χ2v) is 5.19. The Labute approximate surface area is 92.4 Å². The molecule has 0 aromatic carbocycles. The Kier molecular flexibility index (Phi) is 3.79. The van der Waals surface area contributed by atoms with E-state index in [9.17, 15) is 4.79 Å². The van der Waals surface area contributed by atoms with Gasteiger partial charge < -0.3 is 9.53 Å². The standard InChI is InChI=1S/C13H22O2/c14-9-4-5-12-6-10-15-13(11-12)7-2-1-3-8-13/h9,12H,1-8,10-11H2. The van der Waals surface area contributed by atoms with Crippen molar-refractivity contribution < 1.29 is 9.53 Å². The number of aldehydes is 1. The van der Waals surface area contributed by atoms with Crippen molar-refractivity contribution in [1.82, 2.24) is 0 Å². The summed E-state index contributed by atoms with van der Waals surface area (Å²) in [6.07, 6.45) is 11.8. The van der Waals surface area contributed by atoms with Crippen molar-refractivity contribution in [3.8, 4) is 0 Å². The normalized spacial score (nSPS) is 30.3. The van der Waals surface area contributed by atoms with Crippen molar-refractivity contribution in [3.63, 3.8) is 0 Å². The molecule has 2 aliphatic rings. The molecule has 2 nitrogen and oxygen atoms in total. The molecule has 0 aromatic rings. The molecule has 1 unspecified atom stereocenters. The fraction of sp³-hybridized carbons (Fsp3) is 0.923. The van der Waals surface area contributed by atoms with Gasteiger partial charge in [0.15, 0.2) is 0 Å². The highest BCUT2D eigenvalue weighted by Gasteiger charge is 2.37. The number of ether oxygens (including phenoxy) is 1. The van der Waals surface area contributed by atoms with E-state index in [0.717, 1.165) is 38.1 Å². The molecule has 0 N–H and O–H groups in total. The van der Waals surface area contributed by atoms with E-state index in [0.29, 0.717) is 0 Å². The molecule has 1 heterocycles. The van der Waals surface area contributed by atoms with Gasteiger partial charge in [-0.1, -0.05) is 19.3 Å². The zero-order chi connectivity index (χ0) is 10.6. The predicted molar refractivity (Wildman–Crippen MR) is 59.8 cm³/mol. The fourth-order valence-corrected chi connectivity index (χ4v) is 3.22. The largest absolute Gasteiger partial charge is 0.375 e. The molecule has 2 rings (SSSR count). The smallest absolute Gasteiger partial charge is 0.120 e. The minimum Gasteiger partial charge on any atom is -0.375 e. The van der Waals surface area contributed by atoms with Gasteiger partial charge in [-0.3, -0.25) is 0 Å². The lowest BCUT2D eigenvalue weighted by atomic mass is 9.75. The number of rotatable bonds is 3. The SMILES string of the molecule is O=CCCC1CCOC2(CCCCC2)C1. The number of hydrogen-bond donors (Lipinski definition) is 0.